The van der Waals surface area contributed by atoms with E-state index in [2.05, 4.69) is 27.7 Å². The number of fused-ring (bicyclic) bond motifs is 5. The van der Waals surface area contributed by atoms with Crippen molar-refractivity contribution in [2.24, 2.45) is 46.3 Å². The second-order valence-electron chi connectivity index (χ2n) is 11.8. The molecule has 0 amide bonds. The highest BCUT2D eigenvalue weighted by molar-refractivity contribution is 5.11. The molecule has 2 heteroatoms. The highest BCUT2D eigenvalue weighted by Gasteiger charge is 2.62. The van der Waals surface area contributed by atoms with Crippen molar-refractivity contribution in [3.8, 4) is 0 Å². The third-order valence-electron chi connectivity index (χ3n) is 10.9. The van der Waals surface area contributed by atoms with Crippen LogP contribution in [0.5, 0.6) is 0 Å². The minimum atomic E-state index is -0.372. The summed E-state index contributed by atoms with van der Waals surface area (Å²) in [5.41, 5.74) is 0.594. The lowest BCUT2D eigenvalue weighted by molar-refractivity contribution is -0.163. The van der Waals surface area contributed by atoms with Gasteiger partial charge in [-0.15, -0.1) is 0 Å². The van der Waals surface area contributed by atoms with Crippen molar-refractivity contribution in [3.05, 3.63) is 0 Å². The van der Waals surface area contributed by atoms with Crippen molar-refractivity contribution in [2.45, 2.75) is 110 Å². The molecule has 0 aromatic rings. The van der Waals surface area contributed by atoms with E-state index in [4.69, 9.17) is 0 Å². The molecular weight excluding hydrogens is 344 g/mol. The Kier molecular flexibility index (Phi) is 5.71. The van der Waals surface area contributed by atoms with Gasteiger partial charge in [-0.05, 0) is 117 Å². The Labute approximate surface area is 173 Å². The van der Waals surface area contributed by atoms with Crippen molar-refractivity contribution >= 4 is 0 Å². The van der Waals surface area contributed by atoms with Gasteiger partial charge in [-0.2, -0.15) is 0 Å². The molecule has 4 aliphatic carbocycles. The first-order valence-electron chi connectivity index (χ1n) is 12.7. The average molecular weight is 391 g/mol. The monoisotopic (exact) mass is 390 g/mol. The Morgan fingerprint density at radius 1 is 0.964 bits per heavy atom. The molecule has 28 heavy (non-hydrogen) atoms. The van der Waals surface area contributed by atoms with Crippen LogP contribution in [0.3, 0.4) is 0 Å². The molecule has 0 aliphatic heterocycles. The van der Waals surface area contributed by atoms with E-state index in [1.165, 1.54) is 51.4 Å². The lowest BCUT2D eigenvalue weighted by atomic mass is 9.42. The quantitative estimate of drug-likeness (QED) is 0.587. The Hall–Kier alpha value is -0.0800. The van der Waals surface area contributed by atoms with Crippen LogP contribution in [0, 0.1) is 46.3 Å². The van der Waals surface area contributed by atoms with E-state index < -0.39 is 0 Å². The maximum atomic E-state index is 11.2. The maximum absolute atomic E-state index is 11.2. The third kappa shape index (κ3) is 3.03. The van der Waals surface area contributed by atoms with E-state index in [-0.39, 0.29) is 5.60 Å². The molecule has 0 aromatic carbocycles. The minimum Gasteiger partial charge on any atom is -0.396 e. The molecule has 4 rings (SSSR count). The van der Waals surface area contributed by atoms with Crippen LogP contribution in [0.15, 0.2) is 0 Å². The molecule has 2 nitrogen and oxygen atoms in total. The predicted molar refractivity (Wildman–Crippen MR) is 116 cm³/mol. The summed E-state index contributed by atoms with van der Waals surface area (Å²) in [6.07, 6.45) is 15.1. The lowest BCUT2D eigenvalue weighted by Gasteiger charge is -2.63. The molecule has 1 unspecified atom stereocenters. The van der Waals surface area contributed by atoms with Crippen molar-refractivity contribution < 1.29 is 10.2 Å². The van der Waals surface area contributed by atoms with Gasteiger partial charge in [0, 0.05) is 6.61 Å². The summed E-state index contributed by atoms with van der Waals surface area (Å²) in [7, 11) is 0. The van der Waals surface area contributed by atoms with Crippen molar-refractivity contribution in [1.82, 2.24) is 0 Å². The zero-order chi connectivity index (χ0) is 20.2. The fourth-order valence-electron chi connectivity index (χ4n) is 9.63. The highest BCUT2D eigenvalue weighted by atomic mass is 16.3. The molecule has 0 spiro atoms. The van der Waals surface area contributed by atoms with Crippen LogP contribution in [0.2, 0.25) is 0 Å². The molecular formula is C26H46O2. The predicted octanol–water partition coefficient (Wildman–Crippen LogP) is 6.20. The topological polar surface area (TPSA) is 40.5 Å². The smallest absolute Gasteiger partial charge is 0.0650 e. The summed E-state index contributed by atoms with van der Waals surface area (Å²) >= 11 is 0. The Balaban J connectivity index is 1.58. The van der Waals surface area contributed by atoms with Gasteiger partial charge in [0.05, 0.1) is 5.60 Å². The first kappa shape index (κ1) is 21.2. The van der Waals surface area contributed by atoms with Gasteiger partial charge in [-0.3, -0.25) is 0 Å². The molecule has 162 valence electrons. The van der Waals surface area contributed by atoms with Crippen LogP contribution in [-0.4, -0.2) is 22.4 Å². The SMILES string of the molecule is CCC[C@@]1(O)CC[C@@]2(CC)[C@H](CC[C@H]3[C@@H]4CC[C@H](C(C)CO)[C@@]4(C)CC[C@@H]32)C1. The Morgan fingerprint density at radius 2 is 1.75 bits per heavy atom. The van der Waals surface area contributed by atoms with Crippen LogP contribution in [-0.2, 0) is 0 Å². The van der Waals surface area contributed by atoms with Crippen LogP contribution in [0.1, 0.15) is 105 Å². The van der Waals surface area contributed by atoms with E-state index in [1.54, 1.807) is 0 Å². The summed E-state index contributed by atoms with van der Waals surface area (Å²) in [4.78, 5) is 0. The summed E-state index contributed by atoms with van der Waals surface area (Å²) in [6.45, 7) is 9.91. The molecule has 0 radical (unpaired) electrons. The molecule has 4 saturated carbocycles. The van der Waals surface area contributed by atoms with E-state index in [0.717, 1.165) is 55.3 Å². The van der Waals surface area contributed by atoms with E-state index >= 15 is 0 Å². The van der Waals surface area contributed by atoms with Gasteiger partial charge < -0.3 is 10.2 Å². The van der Waals surface area contributed by atoms with Gasteiger partial charge in [0.25, 0.3) is 0 Å². The fourth-order valence-corrected chi connectivity index (χ4v) is 9.63. The normalized spacial score (nSPS) is 51.9. The number of hydrogen-bond donors (Lipinski definition) is 2. The minimum absolute atomic E-state index is 0.359. The van der Waals surface area contributed by atoms with Gasteiger partial charge in [-0.25, -0.2) is 0 Å². The van der Waals surface area contributed by atoms with Gasteiger partial charge in [0.1, 0.15) is 0 Å². The molecule has 0 heterocycles. The van der Waals surface area contributed by atoms with Crippen LogP contribution < -0.4 is 0 Å². The highest BCUT2D eigenvalue weighted by Crippen LogP contribution is 2.69. The maximum Gasteiger partial charge on any atom is 0.0650 e. The van der Waals surface area contributed by atoms with E-state index in [0.29, 0.717) is 23.4 Å². The molecule has 0 saturated heterocycles. The number of aliphatic hydroxyl groups is 2. The fraction of sp³-hybridized carbons (Fsp3) is 1.00. The second-order valence-corrected chi connectivity index (χ2v) is 11.8. The van der Waals surface area contributed by atoms with Crippen LogP contribution >= 0.6 is 0 Å². The summed E-state index contributed by atoms with van der Waals surface area (Å²) in [5, 5.41) is 21.0. The lowest BCUT2D eigenvalue weighted by Crippen LogP contribution is -2.57. The molecule has 4 aliphatic rings. The molecule has 9 atom stereocenters. The van der Waals surface area contributed by atoms with Gasteiger partial charge in [0.15, 0.2) is 0 Å². The largest absolute Gasteiger partial charge is 0.396 e. The zero-order valence-corrected chi connectivity index (χ0v) is 19.1. The molecule has 2 N–H and O–H groups in total. The Morgan fingerprint density at radius 3 is 2.43 bits per heavy atom. The van der Waals surface area contributed by atoms with Crippen molar-refractivity contribution in [2.75, 3.05) is 6.61 Å². The summed E-state index contributed by atoms with van der Waals surface area (Å²) < 4.78 is 0. The van der Waals surface area contributed by atoms with Gasteiger partial charge in [0.2, 0.25) is 0 Å². The van der Waals surface area contributed by atoms with Crippen LogP contribution in [0.4, 0.5) is 0 Å². The Bertz CT molecular complexity index is 561. The van der Waals surface area contributed by atoms with Crippen LogP contribution in [0.25, 0.3) is 0 Å². The second kappa shape index (κ2) is 7.56. The van der Waals surface area contributed by atoms with Crippen molar-refractivity contribution in [3.63, 3.8) is 0 Å². The molecule has 0 aromatic heterocycles. The zero-order valence-electron chi connectivity index (χ0n) is 19.1. The standard InChI is InChI=1S/C26H46O2/c1-5-12-25(28)14-15-26(6-2)19(16-25)7-8-20-22-10-9-21(18(3)17-27)24(22,4)13-11-23(20)26/h18-23,27-28H,5-17H2,1-4H3/t18?,19-,20+,21-,22+,23+,24-,25-,26+/m1/s1. The summed E-state index contributed by atoms with van der Waals surface area (Å²) in [5.74, 6) is 4.61. The number of hydrogen-bond acceptors (Lipinski definition) is 2. The first-order valence-corrected chi connectivity index (χ1v) is 12.7. The van der Waals surface area contributed by atoms with Crippen molar-refractivity contribution in [1.29, 1.82) is 0 Å². The van der Waals surface area contributed by atoms with E-state index in [9.17, 15) is 10.2 Å². The number of aliphatic hydroxyl groups excluding tert-OH is 1. The molecule has 0 bridgehead atoms. The third-order valence-corrected chi connectivity index (χ3v) is 10.9. The van der Waals surface area contributed by atoms with Gasteiger partial charge >= 0.3 is 0 Å². The van der Waals surface area contributed by atoms with Gasteiger partial charge in [-0.1, -0.05) is 34.1 Å². The summed E-state index contributed by atoms with van der Waals surface area (Å²) in [6, 6.07) is 0. The van der Waals surface area contributed by atoms with E-state index in [1.807, 2.05) is 0 Å². The molecule has 4 fully saturated rings. The first-order chi connectivity index (χ1) is 13.3. The average Bonchev–Trinajstić information content (AvgIpc) is 3.04. The number of rotatable bonds is 5.